The number of hydrogen-bond donors (Lipinski definition) is 2. The van der Waals surface area contributed by atoms with Crippen molar-refractivity contribution in [3.05, 3.63) is 42.0 Å². The summed E-state index contributed by atoms with van der Waals surface area (Å²) in [6.07, 6.45) is 0. The molecule has 0 aliphatic carbocycles. The van der Waals surface area contributed by atoms with Gasteiger partial charge in [0.2, 0.25) is 0 Å². The molecule has 0 bridgehead atoms. The summed E-state index contributed by atoms with van der Waals surface area (Å²) in [4.78, 5) is 11.0. The molecule has 2 rings (SSSR count). The van der Waals surface area contributed by atoms with Crippen LogP contribution in [0.4, 0.5) is 0 Å². The lowest BCUT2D eigenvalue weighted by Gasteiger charge is -2.11. The Morgan fingerprint density at radius 1 is 1.05 bits per heavy atom. The third-order valence-electron chi connectivity index (χ3n) is 2.88. The Morgan fingerprint density at radius 3 is 2.40 bits per heavy atom. The zero-order chi connectivity index (χ0) is 14.7. The van der Waals surface area contributed by atoms with E-state index in [0.29, 0.717) is 22.6 Å². The summed E-state index contributed by atoms with van der Waals surface area (Å²) in [6.45, 7) is 0. The van der Waals surface area contributed by atoms with Crippen LogP contribution in [0.2, 0.25) is 0 Å². The summed E-state index contributed by atoms with van der Waals surface area (Å²) in [7, 11) is 3.06. The van der Waals surface area contributed by atoms with Gasteiger partial charge in [0.25, 0.3) is 0 Å². The largest absolute Gasteiger partial charge is 0.508 e. The van der Waals surface area contributed by atoms with E-state index in [-0.39, 0.29) is 11.3 Å². The first kappa shape index (κ1) is 13.7. The van der Waals surface area contributed by atoms with Crippen molar-refractivity contribution < 1.29 is 24.5 Å². The lowest BCUT2D eigenvalue weighted by atomic mass is 10.0. The van der Waals surface area contributed by atoms with E-state index < -0.39 is 5.97 Å². The van der Waals surface area contributed by atoms with Crippen molar-refractivity contribution in [2.75, 3.05) is 14.2 Å². The van der Waals surface area contributed by atoms with Crippen molar-refractivity contribution in [2.24, 2.45) is 0 Å². The average Bonchev–Trinajstić information content (AvgIpc) is 2.45. The van der Waals surface area contributed by atoms with Gasteiger partial charge in [-0.25, -0.2) is 4.79 Å². The minimum atomic E-state index is -1.11. The Kier molecular flexibility index (Phi) is 3.79. The van der Waals surface area contributed by atoms with Crippen LogP contribution in [-0.2, 0) is 0 Å². The molecule has 104 valence electrons. The quantitative estimate of drug-likeness (QED) is 0.896. The van der Waals surface area contributed by atoms with Gasteiger partial charge in [0.1, 0.15) is 17.2 Å². The second-order valence-corrected chi connectivity index (χ2v) is 4.14. The second kappa shape index (κ2) is 5.52. The summed E-state index contributed by atoms with van der Waals surface area (Å²) >= 11 is 0. The number of phenolic OH excluding ortho intramolecular Hbond substituents is 1. The van der Waals surface area contributed by atoms with E-state index in [1.54, 1.807) is 18.2 Å². The molecule has 0 saturated heterocycles. The van der Waals surface area contributed by atoms with Crippen LogP contribution in [0.1, 0.15) is 10.4 Å². The maximum absolute atomic E-state index is 11.0. The first-order chi connectivity index (χ1) is 9.55. The van der Waals surface area contributed by atoms with Crippen LogP contribution >= 0.6 is 0 Å². The molecular weight excluding hydrogens is 260 g/mol. The highest BCUT2D eigenvalue weighted by atomic mass is 16.5. The van der Waals surface area contributed by atoms with Gasteiger partial charge < -0.3 is 19.7 Å². The van der Waals surface area contributed by atoms with Gasteiger partial charge in [-0.3, -0.25) is 0 Å². The van der Waals surface area contributed by atoms with Crippen molar-refractivity contribution in [1.82, 2.24) is 0 Å². The molecule has 0 aliphatic heterocycles. The van der Waals surface area contributed by atoms with E-state index >= 15 is 0 Å². The van der Waals surface area contributed by atoms with Gasteiger partial charge in [0.15, 0.2) is 0 Å². The van der Waals surface area contributed by atoms with Gasteiger partial charge in [-0.15, -0.1) is 0 Å². The van der Waals surface area contributed by atoms with E-state index in [4.69, 9.17) is 14.6 Å². The fourth-order valence-corrected chi connectivity index (χ4v) is 1.93. The highest BCUT2D eigenvalue weighted by molar-refractivity contribution is 5.90. The summed E-state index contributed by atoms with van der Waals surface area (Å²) in [5, 5.41) is 18.7. The van der Waals surface area contributed by atoms with Gasteiger partial charge in [-0.2, -0.15) is 0 Å². The fraction of sp³-hybridized carbons (Fsp3) is 0.133. The maximum Gasteiger partial charge on any atom is 0.335 e. The minimum Gasteiger partial charge on any atom is -0.508 e. The third kappa shape index (κ3) is 2.66. The fourth-order valence-electron chi connectivity index (χ4n) is 1.93. The standard InChI is InChI=1S/C15H14O5/c1-19-12-3-4-14(20-2)13(8-12)9-5-10(15(17)18)7-11(16)6-9/h3-8,16H,1-2H3,(H,17,18). The molecular formula is C15H14O5. The number of methoxy groups -OCH3 is 2. The normalized spacial score (nSPS) is 10.1. The van der Waals surface area contributed by atoms with Gasteiger partial charge in [-0.05, 0) is 42.0 Å². The molecule has 0 fully saturated rings. The van der Waals surface area contributed by atoms with Crippen molar-refractivity contribution in [2.45, 2.75) is 0 Å². The zero-order valence-corrected chi connectivity index (χ0v) is 11.1. The van der Waals surface area contributed by atoms with E-state index in [1.165, 1.54) is 32.4 Å². The minimum absolute atomic E-state index is 0.00451. The molecule has 0 amide bonds. The van der Waals surface area contributed by atoms with E-state index in [9.17, 15) is 9.90 Å². The summed E-state index contributed by atoms with van der Waals surface area (Å²) in [6, 6.07) is 9.32. The van der Waals surface area contributed by atoms with Crippen molar-refractivity contribution >= 4 is 5.97 Å². The second-order valence-electron chi connectivity index (χ2n) is 4.14. The zero-order valence-electron chi connectivity index (χ0n) is 11.1. The van der Waals surface area contributed by atoms with Gasteiger partial charge in [-0.1, -0.05) is 0 Å². The number of benzene rings is 2. The molecule has 2 aromatic carbocycles. The molecule has 0 unspecified atom stereocenters. The molecule has 0 heterocycles. The lowest BCUT2D eigenvalue weighted by molar-refractivity contribution is 0.0696. The van der Waals surface area contributed by atoms with Crippen LogP contribution in [0.25, 0.3) is 11.1 Å². The Balaban J connectivity index is 2.63. The Bertz CT molecular complexity index is 649. The number of carbonyl (C=O) groups is 1. The van der Waals surface area contributed by atoms with Crippen molar-refractivity contribution in [1.29, 1.82) is 0 Å². The molecule has 0 saturated carbocycles. The lowest BCUT2D eigenvalue weighted by Crippen LogP contribution is -1.97. The van der Waals surface area contributed by atoms with Crippen LogP contribution in [0.5, 0.6) is 17.2 Å². The Hall–Kier alpha value is -2.69. The number of carboxylic acids is 1. The topological polar surface area (TPSA) is 76.0 Å². The van der Waals surface area contributed by atoms with Crippen LogP contribution < -0.4 is 9.47 Å². The molecule has 0 aliphatic rings. The Morgan fingerprint density at radius 2 is 1.80 bits per heavy atom. The number of rotatable bonds is 4. The maximum atomic E-state index is 11.0. The monoisotopic (exact) mass is 274 g/mol. The number of aromatic carboxylic acids is 1. The summed E-state index contributed by atoms with van der Waals surface area (Å²) < 4.78 is 10.4. The van der Waals surface area contributed by atoms with Crippen molar-refractivity contribution in [3.8, 4) is 28.4 Å². The number of hydrogen-bond acceptors (Lipinski definition) is 4. The molecule has 5 nitrogen and oxygen atoms in total. The molecule has 0 spiro atoms. The molecule has 20 heavy (non-hydrogen) atoms. The highest BCUT2D eigenvalue weighted by Gasteiger charge is 2.12. The third-order valence-corrected chi connectivity index (χ3v) is 2.88. The molecule has 5 heteroatoms. The molecule has 0 atom stereocenters. The van der Waals surface area contributed by atoms with Crippen LogP contribution in [0.3, 0.4) is 0 Å². The smallest absolute Gasteiger partial charge is 0.335 e. The Labute approximate surface area is 116 Å². The number of ether oxygens (including phenoxy) is 2. The van der Waals surface area contributed by atoms with Crippen LogP contribution in [0, 0.1) is 0 Å². The highest BCUT2D eigenvalue weighted by Crippen LogP contribution is 2.35. The van der Waals surface area contributed by atoms with Crippen LogP contribution in [-0.4, -0.2) is 30.4 Å². The molecule has 2 N–H and O–H groups in total. The predicted octanol–water partition coefficient (Wildman–Crippen LogP) is 2.77. The SMILES string of the molecule is COc1ccc(OC)c(-c2cc(O)cc(C(=O)O)c2)c1. The van der Waals surface area contributed by atoms with Gasteiger partial charge in [0.05, 0.1) is 19.8 Å². The first-order valence-electron chi connectivity index (χ1n) is 5.85. The predicted molar refractivity (Wildman–Crippen MR) is 73.6 cm³/mol. The molecule has 2 aromatic rings. The van der Waals surface area contributed by atoms with E-state index in [2.05, 4.69) is 0 Å². The summed E-state index contributed by atoms with van der Waals surface area (Å²) in [5.74, 6) is -0.0532. The van der Waals surface area contributed by atoms with Crippen molar-refractivity contribution in [3.63, 3.8) is 0 Å². The first-order valence-corrected chi connectivity index (χ1v) is 5.85. The molecule has 0 aromatic heterocycles. The van der Waals surface area contributed by atoms with E-state index in [1.807, 2.05) is 0 Å². The number of carboxylic acid groups (broad SMARTS) is 1. The van der Waals surface area contributed by atoms with Gasteiger partial charge in [0, 0.05) is 5.56 Å². The average molecular weight is 274 g/mol. The van der Waals surface area contributed by atoms with E-state index in [0.717, 1.165) is 0 Å². The summed E-state index contributed by atoms with van der Waals surface area (Å²) in [5.41, 5.74) is 1.19. The number of aromatic hydroxyl groups is 1. The van der Waals surface area contributed by atoms with Crippen LogP contribution in [0.15, 0.2) is 36.4 Å². The molecule has 0 radical (unpaired) electrons. The van der Waals surface area contributed by atoms with Gasteiger partial charge >= 0.3 is 5.97 Å². The number of phenols is 1.